The lowest BCUT2D eigenvalue weighted by molar-refractivity contribution is 0.0972. The second-order valence-electron chi connectivity index (χ2n) is 8.33. The fourth-order valence-electron chi connectivity index (χ4n) is 3.94. The predicted molar refractivity (Wildman–Crippen MR) is 141 cm³/mol. The summed E-state index contributed by atoms with van der Waals surface area (Å²) in [6.45, 7) is 0.236. The zero-order valence-corrected chi connectivity index (χ0v) is 21.0. The van der Waals surface area contributed by atoms with Crippen molar-refractivity contribution in [3.05, 3.63) is 81.6 Å². The zero-order valence-electron chi connectivity index (χ0n) is 19.5. The molecule has 1 aliphatic heterocycles. The third-order valence-corrected chi connectivity index (χ3v) is 6.56. The number of rotatable bonds is 5. The molecular weight excluding hydrogens is 525 g/mol. The molecule has 3 aromatic carbocycles. The number of nitrogens with zero attached hydrogens (tertiary/aromatic N) is 3. The number of hydrogen-bond donors (Lipinski definition) is 3. The SMILES string of the molecule is CN(C(=O)c1c(F)cccc1Cl)c1ccc(-c2cc(C(=O)N/C(N)=N/N)ccc2Cl)cc1N1CC(F)C1. The molecule has 1 heterocycles. The Hall–Kier alpha value is -3.89. The summed E-state index contributed by atoms with van der Waals surface area (Å²) in [4.78, 5) is 28.7. The van der Waals surface area contributed by atoms with Crippen molar-refractivity contribution in [2.75, 3.05) is 29.9 Å². The van der Waals surface area contributed by atoms with E-state index < -0.39 is 23.8 Å². The Bertz CT molecular complexity index is 1390. The molecule has 1 saturated heterocycles. The van der Waals surface area contributed by atoms with E-state index in [1.807, 2.05) is 0 Å². The van der Waals surface area contributed by atoms with Gasteiger partial charge in [-0.3, -0.25) is 14.9 Å². The van der Waals surface area contributed by atoms with E-state index in [2.05, 4.69) is 10.4 Å². The van der Waals surface area contributed by atoms with Gasteiger partial charge >= 0.3 is 0 Å². The van der Waals surface area contributed by atoms with Gasteiger partial charge in [0.2, 0.25) is 5.96 Å². The van der Waals surface area contributed by atoms with Crippen molar-refractivity contribution >= 4 is 52.4 Å². The molecule has 0 spiro atoms. The van der Waals surface area contributed by atoms with Crippen LogP contribution >= 0.6 is 23.2 Å². The van der Waals surface area contributed by atoms with Crippen LogP contribution in [0.5, 0.6) is 0 Å². The van der Waals surface area contributed by atoms with Crippen LogP contribution in [0, 0.1) is 5.82 Å². The van der Waals surface area contributed by atoms with E-state index in [-0.39, 0.29) is 35.2 Å². The second kappa shape index (κ2) is 10.6. The van der Waals surface area contributed by atoms with Crippen LogP contribution in [0.3, 0.4) is 0 Å². The number of hydrogen-bond acceptors (Lipinski definition) is 5. The Kier molecular flexibility index (Phi) is 7.51. The van der Waals surface area contributed by atoms with Crippen molar-refractivity contribution in [2.24, 2.45) is 16.7 Å². The van der Waals surface area contributed by atoms with E-state index in [0.717, 1.165) is 6.07 Å². The van der Waals surface area contributed by atoms with Gasteiger partial charge in [0.15, 0.2) is 0 Å². The van der Waals surface area contributed by atoms with Gasteiger partial charge in [-0.05, 0) is 48.0 Å². The Morgan fingerprint density at radius 2 is 1.84 bits per heavy atom. The minimum absolute atomic E-state index is 0.0232. The summed E-state index contributed by atoms with van der Waals surface area (Å²) in [7, 11) is 1.48. The standard InChI is InChI=1S/C25H22Cl2F2N6O2/c1-34(24(37)22-18(27)3-2-4-19(22)29)20-8-6-13(10-21(20)35-11-15(28)12-35)16-9-14(5-7-17(16)26)23(36)32-25(30)33-31/h2-10,15H,11-12,31H2,1H3,(H3,30,32,33,36). The molecular formula is C25H22Cl2F2N6O2. The van der Waals surface area contributed by atoms with E-state index in [4.69, 9.17) is 34.8 Å². The Morgan fingerprint density at radius 3 is 2.49 bits per heavy atom. The van der Waals surface area contributed by atoms with Crippen LogP contribution in [0.25, 0.3) is 11.1 Å². The topological polar surface area (TPSA) is 117 Å². The number of halogens is 4. The summed E-state index contributed by atoms with van der Waals surface area (Å²) in [5.74, 6) is 2.86. The van der Waals surface area contributed by atoms with E-state index in [9.17, 15) is 18.4 Å². The molecule has 37 heavy (non-hydrogen) atoms. The molecule has 8 nitrogen and oxygen atoms in total. The van der Waals surface area contributed by atoms with E-state index in [1.165, 1.54) is 30.1 Å². The summed E-state index contributed by atoms with van der Waals surface area (Å²) in [5.41, 5.74) is 7.50. The number of carbonyl (C=O) groups excluding carboxylic acids is 2. The van der Waals surface area contributed by atoms with Gasteiger partial charge in [0.25, 0.3) is 11.8 Å². The molecule has 0 radical (unpaired) electrons. The number of nitrogens with two attached hydrogens (primary N) is 2. The normalized spacial score (nSPS) is 13.8. The summed E-state index contributed by atoms with van der Waals surface area (Å²) in [6.07, 6.45) is -1.02. The first kappa shape index (κ1) is 26.2. The number of amides is 2. The van der Waals surface area contributed by atoms with Crippen molar-refractivity contribution in [1.29, 1.82) is 0 Å². The lowest BCUT2D eigenvalue weighted by atomic mass is 9.99. The first-order chi connectivity index (χ1) is 17.6. The molecule has 0 aliphatic carbocycles. The van der Waals surface area contributed by atoms with E-state index in [1.54, 1.807) is 35.2 Å². The van der Waals surface area contributed by atoms with Gasteiger partial charge < -0.3 is 21.4 Å². The Labute approximate surface area is 221 Å². The molecule has 192 valence electrons. The molecule has 0 unspecified atom stereocenters. The molecule has 0 saturated carbocycles. The second-order valence-corrected chi connectivity index (χ2v) is 9.14. The Morgan fingerprint density at radius 1 is 1.11 bits per heavy atom. The average Bonchev–Trinajstić information content (AvgIpc) is 2.86. The van der Waals surface area contributed by atoms with Crippen molar-refractivity contribution in [2.45, 2.75) is 6.17 Å². The quantitative estimate of drug-likeness (QED) is 0.192. The molecule has 0 bridgehead atoms. The van der Waals surface area contributed by atoms with Gasteiger partial charge in [-0.2, -0.15) is 0 Å². The average molecular weight is 547 g/mol. The fraction of sp³-hybridized carbons (Fsp3) is 0.160. The zero-order chi connectivity index (χ0) is 26.9. The molecule has 3 aromatic rings. The van der Waals surface area contributed by atoms with Crippen molar-refractivity contribution in [1.82, 2.24) is 5.32 Å². The highest BCUT2D eigenvalue weighted by Crippen LogP contribution is 2.39. The maximum absolute atomic E-state index is 14.4. The molecule has 5 N–H and O–H groups in total. The van der Waals surface area contributed by atoms with Crippen LogP contribution in [-0.2, 0) is 0 Å². The van der Waals surface area contributed by atoms with Gasteiger partial charge in [-0.25, -0.2) is 8.78 Å². The van der Waals surface area contributed by atoms with E-state index in [0.29, 0.717) is 27.5 Å². The van der Waals surface area contributed by atoms with Crippen LogP contribution in [0.15, 0.2) is 59.7 Å². The van der Waals surface area contributed by atoms with Gasteiger partial charge in [0.1, 0.15) is 12.0 Å². The lowest BCUT2D eigenvalue weighted by Crippen LogP contribution is -2.49. The number of benzene rings is 3. The number of nitrogens with one attached hydrogen (secondary N) is 1. The van der Waals surface area contributed by atoms with Crippen molar-refractivity contribution in [3.63, 3.8) is 0 Å². The van der Waals surface area contributed by atoms with Gasteiger partial charge in [-0.15, -0.1) is 5.10 Å². The first-order valence-electron chi connectivity index (χ1n) is 11.0. The van der Waals surface area contributed by atoms with Crippen LogP contribution in [0.2, 0.25) is 10.0 Å². The minimum Gasteiger partial charge on any atom is -0.368 e. The van der Waals surface area contributed by atoms with Crippen LogP contribution in [0.4, 0.5) is 20.2 Å². The number of guanidine groups is 1. The fourth-order valence-corrected chi connectivity index (χ4v) is 4.41. The maximum Gasteiger partial charge on any atom is 0.262 e. The largest absolute Gasteiger partial charge is 0.368 e. The summed E-state index contributed by atoms with van der Waals surface area (Å²) >= 11 is 12.5. The molecule has 12 heteroatoms. The van der Waals surface area contributed by atoms with Crippen molar-refractivity contribution < 1.29 is 18.4 Å². The van der Waals surface area contributed by atoms with Crippen molar-refractivity contribution in [3.8, 4) is 11.1 Å². The maximum atomic E-state index is 14.4. The smallest absolute Gasteiger partial charge is 0.262 e. The predicted octanol–water partition coefficient (Wildman–Crippen LogP) is 4.15. The highest BCUT2D eigenvalue weighted by molar-refractivity contribution is 6.35. The van der Waals surface area contributed by atoms with Crippen LogP contribution in [-0.4, -0.2) is 44.1 Å². The van der Waals surface area contributed by atoms with Gasteiger partial charge in [0.05, 0.1) is 35.1 Å². The monoisotopic (exact) mass is 546 g/mol. The molecule has 0 aromatic heterocycles. The number of anilines is 2. The van der Waals surface area contributed by atoms with E-state index >= 15 is 0 Å². The summed E-state index contributed by atoms with van der Waals surface area (Å²) in [5, 5.41) is 5.89. The lowest BCUT2D eigenvalue weighted by Gasteiger charge is -2.39. The third-order valence-electron chi connectivity index (χ3n) is 5.92. The highest BCUT2D eigenvalue weighted by Gasteiger charge is 2.31. The number of alkyl halides is 1. The Balaban J connectivity index is 1.75. The minimum atomic E-state index is -1.02. The molecule has 1 fully saturated rings. The number of carbonyl (C=O) groups is 2. The van der Waals surface area contributed by atoms with Gasteiger partial charge in [0, 0.05) is 23.2 Å². The third kappa shape index (κ3) is 5.30. The molecule has 2 amide bonds. The van der Waals surface area contributed by atoms with Gasteiger partial charge in [-0.1, -0.05) is 35.3 Å². The highest BCUT2D eigenvalue weighted by atomic mass is 35.5. The summed E-state index contributed by atoms with van der Waals surface area (Å²) in [6, 6.07) is 13.7. The molecule has 0 atom stereocenters. The summed E-state index contributed by atoms with van der Waals surface area (Å²) < 4.78 is 28.2. The number of hydrazone groups is 1. The van der Waals surface area contributed by atoms with Crippen LogP contribution in [0.1, 0.15) is 20.7 Å². The van der Waals surface area contributed by atoms with Crippen LogP contribution < -0.4 is 26.7 Å². The molecule has 1 aliphatic rings. The first-order valence-corrected chi connectivity index (χ1v) is 11.8. The molecule has 4 rings (SSSR count).